The molecule has 1 aliphatic carbocycles. The number of carbonyl (C=O) groups is 2. The van der Waals surface area contributed by atoms with Gasteiger partial charge in [-0.25, -0.2) is 0 Å². The second kappa shape index (κ2) is 6.55. The average Bonchev–Trinajstić information content (AvgIpc) is 3.41. The predicted octanol–water partition coefficient (Wildman–Crippen LogP) is 1.26. The van der Waals surface area contributed by atoms with Gasteiger partial charge in [0.05, 0.1) is 19.1 Å². The lowest BCUT2D eigenvalue weighted by Crippen LogP contribution is -2.47. The van der Waals surface area contributed by atoms with Gasteiger partial charge >= 0.3 is 5.97 Å². The molecule has 7 heteroatoms. The van der Waals surface area contributed by atoms with Crippen molar-refractivity contribution in [1.29, 1.82) is 0 Å². The highest BCUT2D eigenvalue weighted by Gasteiger charge is 2.46. The Morgan fingerprint density at radius 1 is 1.16 bits per heavy atom. The van der Waals surface area contributed by atoms with Gasteiger partial charge in [-0.1, -0.05) is 6.07 Å². The molecule has 3 atom stereocenters. The number of benzene rings is 1. The number of aliphatic carboxylic acids is 1. The van der Waals surface area contributed by atoms with E-state index in [-0.39, 0.29) is 24.2 Å². The van der Waals surface area contributed by atoms with Gasteiger partial charge in [0.25, 0.3) is 0 Å². The van der Waals surface area contributed by atoms with Crippen molar-refractivity contribution < 1.29 is 28.9 Å². The van der Waals surface area contributed by atoms with Crippen LogP contribution in [-0.4, -0.2) is 60.9 Å². The van der Waals surface area contributed by atoms with Crippen LogP contribution in [0.5, 0.6) is 11.5 Å². The lowest BCUT2D eigenvalue weighted by atomic mass is 10.1. The van der Waals surface area contributed by atoms with Crippen molar-refractivity contribution in [2.75, 3.05) is 32.9 Å². The van der Waals surface area contributed by atoms with Crippen LogP contribution in [0.25, 0.3) is 0 Å². The van der Waals surface area contributed by atoms with E-state index in [2.05, 4.69) is 0 Å². The van der Waals surface area contributed by atoms with Gasteiger partial charge in [0.15, 0.2) is 11.5 Å². The summed E-state index contributed by atoms with van der Waals surface area (Å²) >= 11 is 0. The van der Waals surface area contributed by atoms with E-state index in [0.717, 1.165) is 23.5 Å². The summed E-state index contributed by atoms with van der Waals surface area (Å²) in [5, 5.41) is 8.89. The van der Waals surface area contributed by atoms with Crippen LogP contribution in [0.15, 0.2) is 18.2 Å². The standard InChI is InChI=1S/C18H21NO6/c20-17(21)8-12-10-19(3-4-23-12)18(22)14-9-13(14)11-1-2-15-16(7-11)25-6-5-24-15/h1-2,7,12-14H,3-6,8-10H2,(H,20,21). The lowest BCUT2D eigenvalue weighted by Gasteiger charge is -2.32. The molecule has 0 spiro atoms. The molecule has 134 valence electrons. The molecule has 1 amide bonds. The zero-order valence-corrected chi connectivity index (χ0v) is 13.8. The quantitative estimate of drug-likeness (QED) is 0.883. The maximum atomic E-state index is 12.7. The Bertz CT molecular complexity index is 690. The number of hydrogen-bond donors (Lipinski definition) is 1. The largest absolute Gasteiger partial charge is 0.486 e. The van der Waals surface area contributed by atoms with Crippen LogP contribution >= 0.6 is 0 Å². The molecule has 3 aliphatic rings. The van der Waals surface area contributed by atoms with Gasteiger partial charge in [-0.3, -0.25) is 9.59 Å². The smallest absolute Gasteiger partial charge is 0.306 e. The van der Waals surface area contributed by atoms with E-state index in [0.29, 0.717) is 32.9 Å². The van der Waals surface area contributed by atoms with Gasteiger partial charge in [0.2, 0.25) is 5.91 Å². The summed E-state index contributed by atoms with van der Waals surface area (Å²) in [5.41, 5.74) is 1.10. The van der Waals surface area contributed by atoms with Crippen molar-refractivity contribution in [3.8, 4) is 11.5 Å². The van der Waals surface area contributed by atoms with Crippen molar-refractivity contribution in [2.45, 2.75) is 24.9 Å². The Morgan fingerprint density at radius 2 is 1.96 bits per heavy atom. The number of morpholine rings is 1. The molecule has 1 saturated heterocycles. The average molecular weight is 347 g/mol. The van der Waals surface area contributed by atoms with E-state index >= 15 is 0 Å². The zero-order valence-electron chi connectivity index (χ0n) is 13.8. The number of rotatable bonds is 4. The molecule has 3 unspecified atom stereocenters. The Kier molecular flexibility index (Phi) is 4.25. The van der Waals surface area contributed by atoms with Crippen LogP contribution in [0.4, 0.5) is 0 Å². The van der Waals surface area contributed by atoms with Crippen molar-refractivity contribution in [2.24, 2.45) is 5.92 Å². The van der Waals surface area contributed by atoms with E-state index in [9.17, 15) is 9.59 Å². The third kappa shape index (κ3) is 3.42. The molecule has 2 fully saturated rings. The van der Waals surface area contributed by atoms with Gasteiger partial charge in [-0.05, 0) is 30.0 Å². The number of amides is 1. The van der Waals surface area contributed by atoms with Gasteiger partial charge in [0, 0.05) is 19.0 Å². The van der Waals surface area contributed by atoms with E-state index in [1.54, 1.807) is 4.90 Å². The predicted molar refractivity (Wildman–Crippen MR) is 86.9 cm³/mol. The molecule has 0 aromatic heterocycles. The molecule has 7 nitrogen and oxygen atoms in total. The van der Waals surface area contributed by atoms with Crippen molar-refractivity contribution in [3.05, 3.63) is 23.8 Å². The van der Waals surface area contributed by atoms with Gasteiger partial charge in [-0.15, -0.1) is 0 Å². The van der Waals surface area contributed by atoms with Crippen LogP contribution in [0.3, 0.4) is 0 Å². The summed E-state index contributed by atoms with van der Waals surface area (Å²) in [6, 6.07) is 5.87. The van der Waals surface area contributed by atoms with Gasteiger partial charge in [-0.2, -0.15) is 0 Å². The number of hydrogen-bond acceptors (Lipinski definition) is 5. The van der Waals surface area contributed by atoms with Crippen molar-refractivity contribution >= 4 is 11.9 Å². The van der Waals surface area contributed by atoms with Crippen molar-refractivity contribution in [1.82, 2.24) is 4.90 Å². The molecule has 2 aliphatic heterocycles. The topological polar surface area (TPSA) is 85.3 Å². The monoisotopic (exact) mass is 347 g/mol. The molecule has 1 aromatic carbocycles. The van der Waals surface area contributed by atoms with Crippen LogP contribution in [0, 0.1) is 5.92 Å². The van der Waals surface area contributed by atoms with Crippen molar-refractivity contribution in [3.63, 3.8) is 0 Å². The fourth-order valence-corrected chi connectivity index (χ4v) is 3.60. The molecule has 25 heavy (non-hydrogen) atoms. The first-order chi connectivity index (χ1) is 12.1. The molecule has 1 aromatic rings. The van der Waals surface area contributed by atoms with Crippen LogP contribution < -0.4 is 9.47 Å². The number of fused-ring (bicyclic) bond motifs is 1. The Hall–Kier alpha value is -2.28. The first-order valence-electron chi connectivity index (χ1n) is 8.63. The van der Waals surface area contributed by atoms with E-state index in [1.807, 2.05) is 18.2 Å². The summed E-state index contributed by atoms with van der Waals surface area (Å²) in [6.07, 6.45) is 0.334. The Balaban J connectivity index is 1.39. The molecular formula is C18H21NO6. The molecule has 1 saturated carbocycles. The SMILES string of the molecule is O=C(O)CC1CN(C(=O)C2CC2c2ccc3c(c2)OCCO3)CCO1. The first-order valence-corrected chi connectivity index (χ1v) is 8.63. The van der Waals surface area contributed by atoms with Crippen LogP contribution in [0.2, 0.25) is 0 Å². The van der Waals surface area contributed by atoms with E-state index < -0.39 is 12.1 Å². The summed E-state index contributed by atoms with van der Waals surface area (Å²) in [6.45, 7) is 2.38. The number of carboxylic acid groups (broad SMARTS) is 1. The lowest BCUT2D eigenvalue weighted by molar-refractivity contribution is -0.148. The number of ether oxygens (including phenoxy) is 3. The Labute approximate surface area is 145 Å². The minimum absolute atomic E-state index is 0.0360. The second-order valence-corrected chi connectivity index (χ2v) is 6.73. The summed E-state index contributed by atoms with van der Waals surface area (Å²) in [5.74, 6) is 0.853. The third-order valence-electron chi connectivity index (χ3n) is 4.95. The maximum absolute atomic E-state index is 12.7. The summed E-state index contributed by atoms with van der Waals surface area (Å²) in [7, 11) is 0. The third-order valence-corrected chi connectivity index (χ3v) is 4.95. The van der Waals surface area contributed by atoms with Gasteiger partial charge < -0.3 is 24.2 Å². The summed E-state index contributed by atoms with van der Waals surface area (Å²) < 4.78 is 16.6. The number of carboxylic acids is 1. The second-order valence-electron chi connectivity index (χ2n) is 6.73. The molecule has 0 radical (unpaired) electrons. The fraction of sp³-hybridized carbons (Fsp3) is 0.556. The van der Waals surface area contributed by atoms with Crippen LogP contribution in [-0.2, 0) is 14.3 Å². The van der Waals surface area contributed by atoms with E-state index in [4.69, 9.17) is 19.3 Å². The molecule has 2 heterocycles. The minimum Gasteiger partial charge on any atom is -0.486 e. The first kappa shape index (κ1) is 16.2. The number of carbonyl (C=O) groups excluding carboxylic acids is 1. The highest BCUT2D eigenvalue weighted by molar-refractivity contribution is 5.83. The zero-order chi connectivity index (χ0) is 17.4. The molecule has 0 bridgehead atoms. The highest BCUT2D eigenvalue weighted by Crippen LogP contribution is 2.50. The highest BCUT2D eigenvalue weighted by atomic mass is 16.6. The Morgan fingerprint density at radius 3 is 2.76 bits per heavy atom. The molecule has 1 N–H and O–H groups in total. The fourth-order valence-electron chi connectivity index (χ4n) is 3.60. The van der Waals surface area contributed by atoms with Crippen LogP contribution in [0.1, 0.15) is 24.3 Å². The van der Waals surface area contributed by atoms with Gasteiger partial charge in [0.1, 0.15) is 13.2 Å². The normalized spacial score (nSPS) is 27.7. The molecular weight excluding hydrogens is 326 g/mol. The maximum Gasteiger partial charge on any atom is 0.306 e. The molecule has 4 rings (SSSR count). The number of nitrogens with zero attached hydrogens (tertiary/aromatic N) is 1. The minimum atomic E-state index is -0.903. The summed E-state index contributed by atoms with van der Waals surface area (Å²) in [4.78, 5) is 25.3. The van der Waals surface area contributed by atoms with E-state index in [1.165, 1.54) is 0 Å².